The Labute approximate surface area is 107 Å². The van der Waals surface area contributed by atoms with Crippen molar-refractivity contribution in [2.45, 2.75) is 24.8 Å². The smallest absolute Gasteiger partial charge is 0.244 e. The van der Waals surface area contributed by atoms with Crippen molar-refractivity contribution in [1.29, 1.82) is 5.26 Å². The average Bonchev–Trinajstić information content (AvgIpc) is 2.35. The molecule has 0 unspecified atom stereocenters. The molecule has 0 spiro atoms. The first-order valence-electron chi connectivity index (χ1n) is 5.57. The Bertz CT molecular complexity index is 547. The Morgan fingerprint density at radius 1 is 1.39 bits per heavy atom. The maximum absolute atomic E-state index is 12.4. The van der Waals surface area contributed by atoms with Crippen LogP contribution in [-0.4, -0.2) is 37.0 Å². The van der Waals surface area contributed by atoms with Crippen LogP contribution in [0.1, 0.15) is 19.4 Å². The lowest BCUT2D eigenvalue weighted by Gasteiger charge is -2.25. The van der Waals surface area contributed by atoms with E-state index < -0.39 is 10.0 Å². The first-order chi connectivity index (χ1) is 8.45. The van der Waals surface area contributed by atoms with Crippen molar-refractivity contribution in [1.82, 2.24) is 4.31 Å². The first kappa shape index (κ1) is 14.6. The molecule has 18 heavy (non-hydrogen) atoms. The number of aliphatic hydroxyl groups is 1. The summed E-state index contributed by atoms with van der Waals surface area (Å²) in [7, 11) is -3.75. The molecule has 0 aliphatic rings. The van der Waals surface area contributed by atoms with Crippen LogP contribution in [0.3, 0.4) is 0 Å². The zero-order chi connectivity index (χ0) is 13.8. The van der Waals surface area contributed by atoms with Crippen LogP contribution in [-0.2, 0) is 10.0 Å². The van der Waals surface area contributed by atoms with Crippen LogP contribution < -0.4 is 0 Å². The van der Waals surface area contributed by atoms with Crippen molar-refractivity contribution in [2.24, 2.45) is 0 Å². The summed E-state index contributed by atoms with van der Waals surface area (Å²) >= 11 is 0. The van der Waals surface area contributed by atoms with Gasteiger partial charge in [-0.1, -0.05) is 12.1 Å². The van der Waals surface area contributed by atoms with Crippen molar-refractivity contribution < 1.29 is 13.5 Å². The van der Waals surface area contributed by atoms with Gasteiger partial charge in [0.2, 0.25) is 10.0 Å². The van der Waals surface area contributed by atoms with Crippen molar-refractivity contribution in [2.75, 3.05) is 13.2 Å². The molecule has 0 fully saturated rings. The Kier molecular flexibility index (Phi) is 4.84. The van der Waals surface area contributed by atoms with Gasteiger partial charge in [0.1, 0.15) is 6.07 Å². The second-order valence-electron chi connectivity index (χ2n) is 4.04. The van der Waals surface area contributed by atoms with Gasteiger partial charge in [0.05, 0.1) is 17.1 Å². The fourth-order valence-electron chi connectivity index (χ4n) is 1.66. The summed E-state index contributed by atoms with van der Waals surface area (Å²) in [6, 6.07) is 7.64. The molecule has 1 rings (SSSR count). The SMILES string of the molecule is CC(C)N(CCO)S(=O)(=O)c1ccccc1C#N. The molecule has 0 bridgehead atoms. The number of nitriles is 1. The summed E-state index contributed by atoms with van der Waals surface area (Å²) in [4.78, 5) is -0.0188. The van der Waals surface area contributed by atoms with Crippen molar-refractivity contribution in [3.05, 3.63) is 29.8 Å². The number of benzene rings is 1. The molecule has 1 N–H and O–H groups in total. The van der Waals surface area contributed by atoms with Gasteiger partial charge in [-0.3, -0.25) is 0 Å². The molecule has 0 heterocycles. The van der Waals surface area contributed by atoms with E-state index in [0.717, 1.165) is 0 Å². The van der Waals surface area contributed by atoms with E-state index >= 15 is 0 Å². The Morgan fingerprint density at radius 2 is 2.00 bits per heavy atom. The normalized spacial score (nSPS) is 11.8. The third-order valence-corrected chi connectivity index (χ3v) is 4.62. The Morgan fingerprint density at radius 3 is 2.50 bits per heavy atom. The topological polar surface area (TPSA) is 81.4 Å². The van der Waals surface area contributed by atoms with Crippen LogP contribution in [0.5, 0.6) is 0 Å². The first-order valence-corrected chi connectivity index (χ1v) is 7.01. The van der Waals surface area contributed by atoms with E-state index in [1.807, 2.05) is 6.07 Å². The molecule has 0 aliphatic heterocycles. The van der Waals surface area contributed by atoms with Crippen molar-refractivity contribution in [3.63, 3.8) is 0 Å². The summed E-state index contributed by atoms with van der Waals surface area (Å²) in [6.07, 6.45) is 0. The highest BCUT2D eigenvalue weighted by molar-refractivity contribution is 7.89. The standard InChI is InChI=1S/C12H16N2O3S/c1-10(2)14(7-8-15)18(16,17)12-6-4-3-5-11(12)9-13/h3-6,10,15H,7-8H2,1-2H3. The van der Waals surface area contributed by atoms with E-state index in [0.29, 0.717) is 0 Å². The highest BCUT2D eigenvalue weighted by atomic mass is 32.2. The van der Waals surface area contributed by atoms with E-state index in [2.05, 4.69) is 0 Å². The van der Waals surface area contributed by atoms with Gasteiger partial charge in [0.25, 0.3) is 0 Å². The van der Waals surface area contributed by atoms with Crippen LogP contribution in [0, 0.1) is 11.3 Å². The Balaban J connectivity index is 3.32. The van der Waals surface area contributed by atoms with Gasteiger partial charge in [-0.15, -0.1) is 0 Å². The fourth-order valence-corrected chi connectivity index (χ4v) is 3.44. The summed E-state index contributed by atoms with van der Waals surface area (Å²) < 4.78 is 26.0. The molecule has 0 amide bonds. The molecule has 0 saturated heterocycles. The number of nitrogens with zero attached hydrogens (tertiary/aromatic N) is 2. The third-order valence-electron chi connectivity index (χ3n) is 2.49. The highest BCUT2D eigenvalue weighted by Gasteiger charge is 2.28. The number of rotatable bonds is 5. The van der Waals surface area contributed by atoms with Crippen LogP contribution in [0.4, 0.5) is 0 Å². The van der Waals surface area contributed by atoms with E-state index in [1.165, 1.54) is 16.4 Å². The predicted molar refractivity (Wildman–Crippen MR) is 67.3 cm³/mol. The number of aliphatic hydroxyl groups excluding tert-OH is 1. The van der Waals surface area contributed by atoms with Crippen molar-refractivity contribution in [3.8, 4) is 6.07 Å². The second kappa shape index (κ2) is 5.96. The molecule has 0 aliphatic carbocycles. The van der Waals surface area contributed by atoms with Gasteiger partial charge >= 0.3 is 0 Å². The molecule has 0 radical (unpaired) electrons. The molecule has 0 aromatic heterocycles. The molecule has 0 saturated carbocycles. The monoisotopic (exact) mass is 268 g/mol. The van der Waals surface area contributed by atoms with Crippen LogP contribution in [0.25, 0.3) is 0 Å². The average molecular weight is 268 g/mol. The molecular weight excluding hydrogens is 252 g/mol. The Hall–Kier alpha value is -1.42. The zero-order valence-electron chi connectivity index (χ0n) is 10.4. The summed E-state index contributed by atoms with van der Waals surface area (Å²) in [5.41, 5.74) is 0.112. The molecular formula is C12H16N2O3S. The van der Waals surface area contributed by atoms with E-state index in [4.69, 9.17) is 10.4 Å². The maximum Gasteiger partial charge on any atom is 0.244 e. The molecule has 0 atom stereocenters. The summed E-state index contributed by atoms with van der Waals surface area (Å²) in [5, 5.41) is 17.9. The minimum atomic E-state index is -3.75. The number of hydrogen-bond donors (Lipinski definition) is 1. The van der Waals surface area contributed by atoms with Crippen molar-refractivity contribution >= 4 is 10.0 Å². The number of sulfonamides is 1. The van der Waals surface area contributed by atoms with Gasteiger partial charge in [-0.25, -0.2) is 8.42 Å². The third kappa shape index (κ3) is 2.88. The predicted octanol–water partition coefficient (Wildman–Crippen LogP) is 0.950. The molecule has 98 valence electrons. The molecule has 1 aromatic rings. The van der Waals surface area contributed by atoms with Crippen LogP contribution in [0.2, 0.25) is 0 Å². The van der Waals surface area contributed by atoms with Gasteiger partial charge in [0.15, 0.2) is 0 Å². The molecule has 1 aromatic carbocycles. The minimum absolute atomic E-state index is 0.0137. The largest absolute Gasteiger partial charge is 0.395 e. The summed E-state index contributed by atoms with van der Waals surface area (Å²) in [5.74, 6) is 0. The highest BCUT2D eigenvalue weighted by Crippen LogP contribution is 2.21. The molecule has 5 nitrogen and oxygen atoms in total. The van der Waals surface area contributed by atoms with Gasteiger partial charge in [0, 0.05) is 12.6 Å². The lowest BCUT2D eigenvalue weighted by atomic mass is 10.2. The minimum Gasteiger partial charge on any atom is -0.395 e. The second-order valence-corrected chi connectivity index (χ2v) is 5.90. The number of hydrogen-bond acceptors (Lipinski definition) is 4. The lowest BCUT2D eigenvalue weighted by molar-refractivity contribution is 0.236. The maximum atomic E-state index is 12.4. The quantitative estimate of drug-likeness (QED) is 0.862. The lowest BCUT2D eigenvalue weighted by Crippen LogP contribution is -2.39. The van der Waals surface area contributed by atoms with Crippen LogP contribution in [0.15, 0.2) is 29.2 Å². The van der Waals surface area contributed by atoms with E-state index in [1.54, 1.807) is 26.0 Å². The summed E-state index contributed by atoms with van der Waals surface area (Å²) in [6.45, 7) is 3.20. The molecule has 6 heteroatoms. The fraction of sp³-hybridized carbons (Fsp3) is 0.417. The van der Waals surface area contributed by atoms with Gasteiger partial charge in [-0.2, -0.15) is 9.57 Å². The van der Waals surface area contributed by atoms with E-state index in [9.17, 15) is 8.42 Å². The van der Waals surface area contributed by atoms with E-state index in [-0.39, 0.29) is 29.7 Å². The van der Waals surface area contributed by atoms with Gasteiger partial charge < -0.3 is 5.11 Å². The van der Waals surface area contributed by atoms with Crippen LogP contribution >= 0.6 is 0 Å². The zero-order valence-corrected chi connectivity index (χ0v) is 11.2. The van der Waals surface area contributed by atoms with Gasteiger partial charge in [-0.05, 0) is 26.0 Å².